The molecule has 5 heteroatoms. The van der Waals surface area contributed by atoms with E-state index in [1.807, 2.05) is 26.0 Å². The summed E-state index contributed by atoms with van der Waals surface area (Å²) in [6.45, 7) is 6.31. The Hall–Kier alpha value is -1.46. The zero-order valence-electron chi connectivity index (χ0n) is 12.3. The molecule has 112 valence electrons. The van der Waals surface area contributed by atoms with Gasteiger partial charge in [-0.05, 0) is 23.6 Å². The Morgan fingerprint density at radius 1 is 1.30 bits per heavy atom. The van der Waals surface area contributed by atoms with E-state index < -0.39 is 0 Å². The molecular formula is C15H23NO4. The summed E-state index contributed by atoms with van der Waals surface area (Å²) >= 11 is 0. The Morgan fingerprint density at radius 3 is 2.75 bits per heavy atom. The average Bonchev–Trinajstić information content (AvgIpc) is 2.46. The predicted molar refractivity (Wildman–Crippen MR) is 76.5 cm³/mol. The molecule has 0 spiro atoms. The van der Waals surface area contributed by atoms with Gasteiger partial charge in [0.05, 0.1) is 13.2 Å². The molecule has 0 saturated carbocycles. The maximum atomic E-state index is 9.77. The lowest BCUT2D eigenvalue weighted by Crippen LogP contribution is -2.30. The van der Waals surface area contributed by atoms with Crippen molar-refractivity contribution in [2.75, 3.05) is 26.9 Å². The fourth-order valence-corrected chi connectivity index (χ4v) is 2.03. The van der Waals surface area contributed by atoms with Crippen molar-refractivity contribution < 1.29 is 19.3 Å². The van der Waals surface area contributed by atoms with Gasteiger partial charge in [0.15, 0.2) is 11.5 Å². The number of fused-ring (bicyclic) bond motifs is 1. The molecule has 1 aromatic carbocycles. The highest BCUT2D eigenvalue weighted by Crippen LogP contribution is 2.40. The summed E-state index contributed by atoms with van der Waals surface area (Å²) in [5.41, 5.74) is 1.04. The molecule has 1 atom stereocenters. The summed E-state index contributed by atoms with van der Waals surface area (Å²) in [6.07, 6.45) is -0.339. The van der Waals surface area contributed by atoms with Crippen LogP contribution in [0, 0.1) is 5.92 Å². The van der Waals surface area contributed by atoms with Gasteiger partial charge in [0.1, 0.15) is 13.2 Å². The van der Waals surface area contributed by atoms with Crippen molar-refractivity contribution in [1.82, 2.24) is 5.32 Å². The number of benzene rings is 1. The fourth-order valence-electron chi connectivity index (χ4n) is 2.03. The van der Waals surface area contributed by atoms with Crippen molar-refractivity contribution in [2.24, 2.45) is 5.92 Å². The summed E-state index contributed by atoms with van der Waals surface area (Å²) in [4.78, 5) is 0. The van der Waals surface area contributed by atoms with Crippen LogP contribution in [0.1, 0.15) is 19.4 Å². The number of ether oxygens (including phenoxy) is 3. The molecule has 1 unspecified atom stereocenters. The summed E-state index contributed by atoms with van der Waals surface area (Å²) < 4.78 is 16.5. The molecule has 1 aliphatic rings. The van der Waals surface area contributed by atoms with Gasteiger partial charge in [-0.15, -0.1) is 0 Å². The van der Waals surface area contributed by atoms with E-state index in [1.165, 1.54) is 0 Å². The SMILES string of the molecule is COc1cc(CNCC(O)C(C)C)cc2c1OCCO2. The van der Waals surface area contributed by atoms with Crippen LogP contribution in [0.5, 0.6) is 17.2 Å². The highest BCUT2D eigenvalue weighted by molar-refractivity contribution is 5.54. The molecule has 1 heterocycles. The van der Waals surface area contributed by atoms with Gasteiger partial charge in [-0.2, -0.15) is 0 Å². The zero-order valence-corrected chi connectivity index (χ0v) is 12.3. The molecule has 0 bridgehead atoms. The van der Waals surface area contributed by atoms with E-state index in [0.29, 0.717) is 37.8 Å². The molecule has 2 N–H and O–H groups in total. The van der Waals surface area contributed by atoms with Crippen molar-refractivity contribution in [3.63, 3.8) is 0 Å². The lowest BCUT2D eigenvalue weighted by atomic mass is 10.1. The van der Waals surface area contributed by atoms with E-state index in [9.17, 15) is 5.11 Å². The van der Waals surface area contributed by atoms with E-state index in [-0.39, 0.29) is 12.0 Å². The number of hydrogen-bond acceptors (Lipinski definition) is 5. The molecule has 0 aliphatic carbocycles. The molecule has 0 saturated heterocycles. The smallest absolute Gasteiger partial charge is 0.203 e. The Kier molecular flexibility index (Phi) is 5.09. The van der Waals surface area contributed by atoms with Gasteiger partial charge < -0.3 is 24.6 Å². The maximum absolute atomic E-state index is 9.77. The number of rotatable bonds is 6. The van der Waals surface area contributed by atoms with Gasteiger partial charge in [0.25, 0.3) is 0 Å². The van der Waals surface area contributed by atoms with E-state index >= 15 is 0 Å². The van der Waals surface area contributed by atoms with Crippen LogP contribution >= 0.6 is 0 Å². The standard InChI is InChI=1S/C15H23NO4/c1-10(2)12(17)9-16-8-11-6-13(18-3)15-14(7-11)19-4-5-20-15/h6-7,10,12,16-17H,4-5,8-9H2,1-3H3. The Bertz CT molecular complexity index is 430. The van der Waals surface area contributed by atoms with Crippen molar-refractivity contribution >= 4 is 0 Å². The molecule has 5 nitrogen and oxygen atoms in total. The fraction of sp³-hybridized carbons (Fsp3) is 0.600. The van der Waals surface area contributed by atoms with Gasteiger partial charge in [-0.25, -0.2) is 0 Å². The van der Waals surface area contributed by atoms with Gasteiger partial charge in [-0.1, -0.05) is 13.8 Å². The first kappa shape index (κ1) is 14.9. The normalized spacial score (nSPS) is 15.2. The number of aliphatic hydroxyl groups is 1. The summed E-state index contributed by atoms with van der Waals surface area (Å²) in [5.74, 6) is 2.32. The summed E-state index contributed by atoms with van der Waals surface area (Å²) in [7, 11) is 1.62. The zero-order chi connectivity index (χ0) is 14.5. The Labute approximate surface area is 119 Å². The molecule has 0 fully saturated rings. The van der Waals surface area contributed by atoms with Crippen molar-refractivity contribution in [1.29, 1.82) is 0 Å². The van der Waals surface area contributed by atoms with E-state index in [4.69, 9.17) is 14.2 Å². The number of methoxy groups -OCH3 is 1. The number of nitrogens with one attached hydrogen (secondary N) is 1. The predicted octanol–water partition coefficient (Wildman–Crippen LogP) is 1.57. The molecular weight excluding hydrogens is 258 g/mol. The second-order valence-corrected chi connectivity index (χ2v) is 5.26. The van der Waals surface area contributed by atoms with Crippen molar-refractivity contribution in [3.8, 4) is 17.2 Å². The van der Waals surface area contributed by atoms with Crippen LogP contribution in [-0.2, 0) is 6.54 Å². The molecule has 0 aromatic heterocycles. The Balaban J connectivity index is 2.01. The van der Waals surface area contributed by atoms with Gasteiger partial charge >= 0.3 is 0 Å². The monoisotopic (exact) mass is 281 g/mol. The van der Waals surface area contributed by atoms with Crippen LogP contribution in [0.4, 0.5) is 0 Å². The molecule has 1 aliphatic heterocycles. The van der Waals surface area contributed by atoms with Crippen LogP contribution in [0.2, 0.25) is 0 Å². The van der Waals surface area contributed by atoms with Crippen molar-refractivity contribution in [3.05, 3.63) is 17.7 Å². The molecule has 1 aromatic rings. The van der Waals surface area contributed by atoms with E-state index in [1.54, 1.807) is 7.11 Å². The topological polar surface area (TPSA) is 60.0 Å². The summed E-state index contributed by atoms with van der Waals surface area (Å²) in [5, 5.41) is 13.0. The molecule has 2 rings (SSSR count). The molecule has 20 heavy (non-hydrogen) atoms. The highest BCUT2D eigenvalue weighted by Gasteiger charge is 2.18. The second kappa shape index (κ2) is 6.81. The highest BCUT2D eigenvalue weighted by atomic mass is 16.6. The van der Waals surface area contributed by atoms with Crippen LogP contribution < -0.4 is 19.5 Å². The number of aliphatic hydroxyl groups excluding tert-OH is 1. The van der Waals surface area contributed by atoms with Gasteiger partial charge in [-0.3, -0.25) is 0 Å². The second-order valence-electron chi connectivity index (χ2n) is 5.26. The van der Waals surface area contributed by atoms with Gasteiger partial charge in [0.2, 0.25) is 5.75 Å². The van der Waals surface area contributed by atoms with Crippen LogP contribution in [0.3, 0.4) is 0 Å². The van der Waals surface area contributed by atoms with E-state index in [0.717, 1.165) is 11.3 Å². The van der Waals surface area contributed by atoms with E-state index in [2.05, 4.69) is 5.32 Å². The molecule has 0 radical (unpaired) electrons. The third-order valence-corrected chi connectivity index (χ3v) is 3.34. The lowest BCUT2D eigenvalue weighted by Gasteiger charge is -2.22. The minimum absolute atomic E-state index is 0.248. The third kappa shape index (κ3) is 3.55. The largest absolute Gasteiger partial charge is 0.493 e. The summed E-state index contributed by atoms with van der Waals surface area (Å²) in [6, 6.07) is 3.88. The minimum Gasteiger partial charge on any atom is -0.493 e. The minimum atomic E-state index is -0.339. The van der Waals surface area contributed by atoms with Crippen LogP contribution in [0.15, 0.2) is 12.1 Å². The first-order chi connectivity index (χ1) is 9.61. The van der Waals surface area contributed by atoms with Crippen molar-refractivity contribution in [2.45, 2.75) is 26.5 Å². The average molecular weight is 281 g/mol. The maximum Gasteiger partial charge on any atom is 0.203 e. The number of hydrogen-bond donors (Lipinski definition) is 2. The lowest BCUT2D eigenvalue weighted by molar-refractivity contribution is 0.123. The first-order valence-corrected chi connectivity index (χ1v) is 6.97. The molecule has 0 amide bonds. The van der Waals surface area contributed by atoms with Crippen LogP contribution in [-0.4, -0.2) is 38.1 Å². The van der Waals surface area contributed by atoms with Gasteiger partial charge in [0, 0.05) is 13.1 Å². The quantitative estimate of drug-likeness (QED) is 0.829. The van der Waals surface area contributed by atoms with Crippen LogP contribution in [0.25, 0.3) is 0 Å². The third-order valence-electron chi connectivity index (χ3n) is 3.34. The first-order valence-electron chi connectivity index (χ1n) is 6.97. The Morgan fingerprint density at radius 2 is 2.05 bits per heavy atom.